The Hall–Kier alpha value is -3.64. The molecule has 1 amide bonds. The van der Waals surface area contributed by atoms with Crippen molar-refractivity contribution >= 4 is 17.5 Å². The summed E-state index contributed by atoms with van der Waals surface area (Å²) >= 11 is 6.09. The van der Waals surface area contributed by atoms with E-state index >= 15 is 0 Å². The van der Waals surface area contributed by atoms with E-state index in [0.717, 1.165) is 34.4 Å². The quantitative estimate of drug-likeness (QED) is 0.336. The fraction of sp³-hybridized carbons (Fsp3) is 0.185. The summed E-state index contributed by atoms with van der Waals surface area (Å²) in [5.74, 6) is 0.281. The summed E-state index contributed by atoms with van der Waals surface area (Å²) in [6, 6.07) is 21.0. The van der Waals surface area contributed by atoms with Crippen molar-refractivity contribution in [2.75, 3.05) is 6.61 Å². The molecule has 0 saturated carbocycles. The summed E-state index contributed by atoms with van der Waals surface area (Å²) in [6.07, 6.45) is 0.898. The van der Waals surface area contributed by atoms with Gasteiger partial charge in [0, 0.05) is 22.7 Å². The number of aromatic amines is 1. The number of H-pyrrole nitrogens is 1. The van der Waals surface area contributed by atoms with E-state index in [-0.39, 0.29) is 17.8 Å². The molecule has 1 aromatic heterocycles. The molecule has 5 rings (SSSR count). The number of nitrogens with zero attached hydrogens (tertiary/aromatic N) is 2. The van der Waals surface area contributed by atoms with Crippen molar-refractivity contribution in [1.29, 1.82) is 0 Å². The number of ether oxygens (including phenoxy) is 1. The lowest BCUT2D eigenvalue weighted by Crippen LogP contribution is -2.29. The third-order valence-electron chi connectivity index (χ3n) is 5.89. The molecule has 1 N–H and O–H groups in total. The SMILES string of the molecule is CCCOc1cccc(C2c3c(-c4ccc(Cl)cc4)n[nH]c3C(=O)N2Cc2ccc(F)cc2)c1. The van der Waals surface area contributed by atoms with Gasteiger partial charge in [0.15, 0.2) is 0 Å². The molecule has 4 aromatic rings. The summed E-state index contributed by atoms with van der Waals surface area (Å²) in [4.78, 5) is 15.3. The van der Waals surface area contributed by atoms with Crippen molar-refractivity contribution in [2.24, 2.45) is 0 Å². The first-order chi connectivity index (χ1) is 16.5. The van der Waals surface area contributed by atoms with Gasteiger partial charge >= 0.3 is 0 Å². The van der Waals surface area contributed by atoms with E-state index in [2.05, 4.69) is 17.1 Å². The van der Waals surface area contributed by atoms with Crippen LogP contribution in [0.1, 0.15) is 46.6 Å². The molecular weight excluding hydrogens is 453 g/mol. The maximum Gasteiger partial charge on any atom is 0.273 e. The highest BCUT2D eigenvalue weighted by atomic mass is 35.5. The second kappa shape index (κ2) is 9.31. The zero-order valence-corrected chi connectivity index (χ0v) is 19.3. The molecule has 2 heterocycles. The van der Waals surface area contributed by atoms with E-state index in [1.165, 1.54) is 12.1 Å². The second-order valence-corrected chi connectivity index (χ2v) is 8.69. The van der Waals surface area contributed by atoms with Crippen LogP contribution in [0, 0.1) is 5.82 Å². The first-order valence-corrected chi connectivity index (χ1v) is 11.6. The fourth-order valence-electron chi connectivity index (χ4n) is 4.31. The van der Waals surface area contributed by atoms with Crippen LogP contribution in [-0.4, -0.2) is 27.6 Å². The van der Waals surface area contributed by atoms with Gasteiger partial charge in [0.2, 0.25) is 0 Å². The van der Waals surface area contributed by atoms with Crippen molar-refractivity contribution < 1.29 is 13.9 Å². The Morgan fingerprint density at radius 1 is 1.09 bits per heavy atom. The summed E-state index contributed by atoms with van der Waals surface area (Å²) in [7, 11) is 0. The van der Waals surface area contributed by atoms with Gasteiger partial charge in [-0.15, -0.1) is 0 Å². The third kappa shape index (κ3) is 4.17. The number of hydrogen-bond donors (Lipinski definition) is 1. The minimum absolute atomic E-state index is 0.156. The van der Waals surface area contributed by atoms with Crippen LogP contribution >= 0.6 is 11.6 Å². The minimum Gasteiger partial charge on any atom is -0.494 e. The number of fused-ring (bicyclic) bond motifs is 1. The molecule has 34 heavy (non-hydrogen) atoms. The normalized spacial score (nSPS) is 15.0. The van der Waals surface area contributed by atoms with Gasteiger partial charge in [0.25, 0.3) is 5.91 Å². The van der Waals surface area contributed by atoms with Crippen LogP contribution in [-0.2, 0) is 6.54 Å². The van der Waals surface area contributed by atoms with Crippen LogP contribution in [0.5, 0.6) is 5.75 Å². The topological polar surface area (TPSA) is 58.2 Å². The van der Waals surface area contributed by atoms with E-state index < -0.39 is 0 Å². The minimum atomic E-state index is -0.387. The Morgan fingerprint density at radius 3 is 2.59 bits per heavy atom. The zero-order chi connectivity index (χ0) is 23.7. The average molecular weight is 476 g/mol. The number of amides is 1. The van der Waals surface area contributed by atoms with Gasteiger partial charge in [0.1, 0.15) is 17.3 Å². The maximum absolute atomic E-state index is 13.5. The molecule has 0 bridgehead atoms. The van der Waals surface area contributed by atoms with Crippen LogP contribution in [0.3, 0.4) is 0 Å². The monoisotopic (exact) mass is 475 g/mol. The molecule has 7 heteroatoms. The molecule has 3 aromatic carbocycles. The highest BCUT2D eigenvalue weighted by Crippen LogP contribution is 2.44. The molecule has 1 unspecified atom stereocenters. The Bertz CT molecular complexity index is 1320. The Balaban J connectivity index is 1.61. The molecule has 1 atom stereocenters. The van der Waals surface area contributed by atoms with Crippen LogP contribution in [0.2, 0.25) is 5.02 Å². The average Bonchev–Trinajstić information content (AvgIpc) is 3.39. The number of hydrogen-bond acceptors (Lipinski definition) is 3. The predicted molar refractivity (Wildman–Crippen MR) is 129 cm³/mol. The predicted octanol–water partition coefficient (Wildman–Crippen LogP) is 6.40. The molecule has 5 nitrogen and oxygen atoms in total. The van der Waals surface area contributed by atoms with E-state index in [1.807, 2.05) is 36.4 Å². The highest BCUT2D eigenvalue weighted by Gasteiger charge is 2.42. The summed E-state index contributed by atoms with van der Waals surface area (Å²) in [5, 5.41) is 8.08. The lowest BCUT2D eigenvalue weighted by atomic mass is 9.95. The molecule has 1 aliphatic rings. The molecular formula is C27H23ClFN3O2. The van der Waals surface area contributed by atoms with Crippen LogP contribution in [0.15, 0.2) is 72.8 Å². The lowest BCUT2D eigenvalue weighted by molar-refractivity contribution is 0.0730. The van der Waals surface area contributed by atoms with E-state index in [1.54, 1.807) is 29.2 Å². The number of nitrogens with one attached hydrogen (secondary N) is 1. The van der Waals surface area contributed by atoms with Crippen molar-refractivity contribution in [2.45, 2.75) is 25.9 Å². The Morgan fingerprint density at radius 2 is 1.85 bits per heavy atom. The molecule has 172 valence electrons. The number of carbonyl (C=O) groups excluding carboxylic acids is 1. The highest BCUT2D eigenvalue weighted by molar-refractivity contribution is 6.30. The number of carbonyl (C=O) groups is 1. The molecule has 0 saturated heterocycles. The molecule has 0 fully saturated rings. The summed E-state index contributed by atoms with van der Waals surface area (Å²) < 4.78 is 19.3. The van der Waals surface area contributed by atoms with Crippen molar-refractivity contribution in [1.82, 2.24) is 15.1 Å². The Labute approximate surface area is 202 Å². The summed E-state index contributed by atoms with van der Waals surface area (Å²) in [6.45, 7) is 2.99. The Kier molecular flexibility index (Phi) is 6.07. The van der Waals surface area contributed by atoms with Gasteiger partial charge in [-0.1, -0.05) is 54.9 Å². The van der Waals surface area contributed by atoms with Gasteiger partial charge in [-0.25, -0.2) is 4.39 Å². The van der Waals surface area contributed by atoms with E-state index in [4.69, 9.17) is 16.3 Å². The summed E-state index contributed by atoms with van der Waals surface area (Å²) in [5.41, 5.74) is 4.58. The van der Waals surface area contributed by atoms with Crippen molar-refractivity contribution in [3.63, 3.8) is 0 Å². The molecule has 0 aliphatic carbocycles. The third-order valence-corrected chi connectivity index (χ3v) is 6.15. The smallest absolute Gasteiger partial charge is 0.273 e. The van der Waals surface area contributed by atoms with Gasteiger partial charge < -0.3 is 9.64 Å². The van der Waals surface area contributed by atoms with Gasteiger partial charge in [-0.05, 0) is 53.9 Å². The zero-order valence-electron chi connectivity index (χ0n) is 18.6. The molecule has 0 spiro atoms. The number of halogens is 2. The second-order valence-electron chi connectivity index (χ2n) is 8.25. The van der Waals surface area contributed by atoms with Crippen molar-refractivity contribution in [3.05, 3.63) is 106 Å². The number of benzene rings is 3. The number of aromatic nitrogens is 2. The van der Waals surface area contributed by atoms with E-state index in [9.17, 15) is 9.18 Å². The van der Waals surface area contributed by atoms with Crippen LogP contribution < -0.4 is 4.74 Å². The first-order valence-electron chi connectivity index (χ1n) is 11.2. The largest absolute Gasteiger partial charge is 0.494 e. The lowest BCUT2D eigenvalue weighted by Gasteiger charge is -2.27. The first kappa shape index (κ1) is 22.2. The number of rotatable bonds is 7. The van der Waals surface area contributed by atoms with Crippen molar-refractivity contribution in [3.8, 4) is 17.0 Å². The molecule has 1 aliphatic heterocycles. The van der Waals surface area contributed by atoms with Gasteiger partial charge in [-0.2, -0.15) is 5.10 Å². The maximum atomic E-state index is 13.5. The van der Waals surface area contributed by atoms with Gasteiger partial charge in [0.05, 0.1) is 18.3 Å². The molecule has 0 radical (unpaired) electrons. The standard InChI is InChI=1S/C27H23ClFN3O2/c1-2-14-34-22-5-3-4-19(15-22)26-23-24(18-8-10-20(28)11-9-18)30-31-25(23)27(33)32(26)16-17-6-12-21(29)13-7-17/h3-13,15,26H,2,14,16H2,1H3,(H,30,31). The van der Waals surface area contributed by atoms with E-state index in [0.29, 0.717) is 29.6 Å². The van der Waals surface area contributed by atoms with Crippen LogP contribution in [0.25, 0.3) is 11.3 Å². The van der Waals surface area contributed by atoms with Gasteiger partial charge in [-0.3, -0.25) is 9.89 Å². The van der Waals surface area contributed by atoms with Crippen LogP contribution in [0.4, 0.5) is 4.39 Å². The fourth-order valence-corrected chi connectivity index (χ4v) is 4.44.